The molecule has 7 heteroatoms. The molecule has 0 atom stereocenters. The van der Waals surface area contributed by atoms with E-state index in [0.717, 1.165) is 51.3 Å². The molecule has 0 bridgehead atoms. The fourth-order valence-corrected chi connectivity index (χ4v) is 3.54. The van der Waals surface area contributed by atoms with Crippen molar-refractivity contribution in [3.8, 4) is 5.75 Å². The Balaban J connectivity index is 1.61. The molecule has 1 N–H and O–H groups in total. The molecular formula is C20H28N4O3. The quantitative estimate of drug-likeness (QED) is 0.722. The summed E-state index contributed by atoms with van der Waals surface area (Å²) in [6.07, 6.45) is 4.84. The van der Waals surface area contributed by atoms with Gasteiger partial charge in [-0.3, -0.25) is 4.79 Å². The number of likely N-dealkylation sites (tertiary alicyclic amines) is 1. The van der Waals surface area contributed by atoms with Gasteiger partial charge in [0, 0.05) is 39.4 Å². The Morgan fingerprint density at radius 3 is 2.74 bits per heavy atom. The molecule has 7 nitrogen and oxygen atoms in total. The normalized spacial score (nSPS) is 15.6. The lowest BCUT2D eigenvalue weighted by Gasteiger charge is -2.32. The Hall–Kier alpha value is -2.38. The monoisotopic (exact) mass is 372 g/mol. The van der Waals surface area contributed by atoms with Gasteiger partial charge in [-0.15, -0.1) is 0 Å². The van der Waals surface area contributed by atoms with Crippen molar-refractivity contribution in [2.24, 2.45) is 0 Å². The highest BCUT2D eigenvalue weighted by Crippen LogP contribution is 2.26. The number of nitrogens with zero attached hydrogens (tertiary/aromatic N) is 3. The summed E-state index contributed by atoms with van der Waals surface area (Å²) in [6, 6.07) is 9.36. The molecule has 0 unspecified atom stereocenters. The molecule has 3 rings (SSSR count). The third-order valence-electron chi connectivity index (χ3n) is 4.99. The van der Waals surface area contributed by atoms with Crippen LogP contribution >= 0.6 is 0 Å². The number of carbonyl (C=O) groups excluding carboxylic acids is 1. The largest absolute Gasteiger partial charge is 0.496 e. The second-order valence-corrected chi connectivity index (χ2v) is 6.73. The van der Waals surface area contributed by atoms with E-state index in [1.54, 1.807) is 32.5 Å². The average Bonchev–Trinajstić information content (AvgIpc) is 3.16. The van der Waals surface area contributed by atoms with E-state index in [1.165, 1.54) is 0 Å². The number of rotatable bonds is 8. The number of aromatic nitrogens is 2. The Labute approximate surface area is 160 Å². The molecule has 0 spiro atoms. The average molecular weight is 372 g/mol. The molecule has 2 aromatic rings. The third kappa shape index (κ3) is 4.87. The maximum atomic E-state index is 12.7. The topological polar surface area (TPSA) is 68.6 Å². The molecule has 1 aliphatic heterocycles. The zero-order valence-electron chi connectivity index (χ0n) is 16.1. The van der Waals surface area contributed by atoms with Gasteiger partial charge in [-0.05, 0) is 31.4 Å². The van der Waals surface area contributed by atoms with Crippen LogP contribution in [0, 0.1) is 0 Å². The van der Waals surface area contributed by atoms with E-state index in [9.17, 15) is 4.79 Å². The molecule has 1 aliphatic rings. The fraction of sp³-hybridized carbons (Fsp3) is 0.500. The second-order valence-electron chi connectivity index (χ2n) is 6.73. The van der Waals surface area contributed by atoms with Crippen LogP contribution in [0.2, 0.25) is 0 Å². The zero-order chi connectivity index (χ0) is 19.1. The molecule has 2 heterocycles. The van der Waals surface area contributed by atoms with E-state index in [1.807, 2.05) is 22.9 Å². The van der Waals surface area contributed by atoms with Crippen molar-refractivity contribution in [3.63, 3.8) is 0 Å². The summed E-state index contributed by atoms with van der Waals surface area (Å²) >= 11 is 0. The van der Waals surface area contributed by atoms with Crippen molar-refractivity contribution in [1.29, 1.82) is 0 Å². The van der Waals surface area contributed by atoms with E-state index >= 15 is 0 Å². The molecule has 1 saturated heterocycles. The molecule has 1 aromatic heterocycles. The molecule has 27 heavy (non-hydrogen) atoms. The number of hydrogen-bond acceptors (Lipinski definition) is 5. The first kappa shape index (κ1) is 19.4. The Bertz CT molecular complexity index is 738. The highest BCUT2D eigenvalue weighted by molar-refractivity contribution is 6.05. The first-order valence-corrected chi connectivity index (χ1v) is 9.42. The number of ether oxygens (including phenoxy) is 2. The SMILES string of the molecule is COCCCN1CCC(n2nccc2NC(=O)c2ccccc2OC)CC1. The van der Waals surface area contributed by atoms with Crippen LogP contribution in [0.25, 0.3) is 0 Å². The van der Waals surface area contributed by atoms with Crippen LogP contribution in [0.15, 0.2) is 36.5 Å². The minimum Gasteiger partial charge on any atom is -0.496 e. The lowest BCUT2D eigenvalue weighted by molar-refractivity contribution is 0.102. The standard InChI is InChI=1S/C20H28N4O3/c1-26-15-5-12-23-13-9-16(10-14-23)24-19(8-11-21-24)22-20(25)17-6-3-4-7-18(17)27-2/h3-4,6-8,11,16H,5,9-10,12-15H2,1-2H3,(H,22,25). The molecule has 1 amide bonds. The predicted molar refractivity (Wildman–Crippen MR) is 104 cm³/mol. The zero-order valence-corrected chi connectivity index (χ0v) is 16.1. The van der Waals surface area contributed by atoms with E-state index in [2.05, 4.69) is 15.3 Å². The number of amides is 1. The van der Waals surface area contributed by atoms with Crippen LogP contribution < -0.4 is 10.1 Å². The highest BCUT2D eigenvalue weighted by Gasteiger charge is 2.23. The number of piperidine rings is 1. The van der Waals surface area contributed by atoms with Gasteiger partial charge in [0.2, 0.25) is 0 Å². The maximum absolute atomic E-state index is 12.7. The van der Waals surface area contributed by atoms with Crippen molar-refractivity contribution < 1.29 is 14.3 Å². The molecule has 0 saturated carbocycles. The van der Waals surface area contributed by atoms with E-state index in [4.69, 9.17) is 9.47 Å². The van der Waals surface area contributed by atoms with Crippen molar-refractivity contribution in [2.45, 2.75) is 25.3 Å². The fourth-order valence-electron chi connectivity index (χ4n) is 3.54. The number of methoxy groups -OCH3 is 2. The summed E-state index contributed by atoms with van der Waals surface area (Å²) in [5.41, 5.74) is 0.515. The van der Waals surface area contributed by atoms with Gasteiger partial charge in [0.1, 0.15) is 11.6 Å². The first-order chi connectivity index (χ1) is 13.2. The minimum absolute atomic E-state index is 0.189. The van der Waals surface area contributed by atoms with Crippen LogP contribution in [-0.4, -0.2) is 61.0 Å². The molecule has 1 fully saturated rings. The Kier molecular flexibility index (Phi) is 6.84. The van der Waals surface area contributed by atoms with Gasteiger partial charge in [-0.2, -0.15) is 5.10 Å². The van der Waals surface area contributed by atoms with E-state index in [0.29, 0.717) is 17.4 Å². The van der Waals surface area contributed by atoms with Crippen molar-refractivity contribution in [3.05, 3.63) is 42.1 Å². The first-order valence-electron chi connectivity index (χ1n) is 9.42. The second kappa shape index (κ2) is 9.53. The van der Waals surface area contributed by atoms with Crippen LogP contribution in [0.5, 0.6) is 5.75 Å². The van der Waals surface area contributed by atoms with Crippen molar-refractivity contribution >= 4 is 11.7 Å². The lowest BCUT2D eigenvalue weighted by atomic mass is 10.1. The molecular weight excluding hydrogens is 344 g/mol. The summed E-state index contributed by atoms with van der Waals surface area (Å²) < 4.78 is 12.4. The van der Waals surface area contributed by atoms with Crippen LogP contribution in [-0.2, 0) is 4.74 Å². The van der Waals surface area contributed by atoms with Crippen molar-refractivity contribution in [2.75, 3.05) is 45.8 Å². The van der Waals surface area contributed by atoms with E-state index < -0.39 is 0 Å². The minimum atomic E-state index is -0.189. The van der Waals surface area contributed by atoms with Gasteiger partial charge < -0.3 is 19.7 Å². The lowest BCUT2D eigenvalue weighted by Crippen LogP contribution is -2.36. The highest BCUT2D eigenvalue weighted by atomic mass is 16.5. The third-order valence-corrected chi connectivity index (χ3v) is 4.99. The molecule has 0 radical (unpaired) electrons. The Morgan fingerprint density at radius 1 is 1.22 bits per heavy atom. The number of benzene rings is 1. The number of nitrogens with one attached hydrogen (secondary N) is 1. The van der Waals surface area contributed by atoms with Crippen molar-refractivity contribution in [1.82, 2.24) is 14.7 Å². The molecule has 1 aromatic carbocycles. The van der Waals surface area contributed by atoms with Gasteiger partial charge in [0.25, 0.3) is 5.91 Å². The summed E-state index contributed by atoms with van der Waals surface area (Å²) in [6.45, 7) is 3.94. The Morgan fingerprint density at radius 2 is 2.00 bits per heavy atom. The summed E-state index contributed by atoms with van der Waals surface area (Å²) in [7, 11) is 3.31. The van der Waals surface area contributed by atoms with Crippen LogP contribution in [0.3, 0.4) is 0 Å². The van der Waals surface area contributed by atoms with Gasteiger partial charge >= 0.3 is 0 Å². The smallest absolute Gasteiger partial charge is 0.260 e. The number of para-hydroxylation sites is 1. The van der Waals surface area contributed by atoms with Gasteiger partial charge in [-0.1, -0.05) is 12.1 Å². The van der Waals surface area contributed by atoms with Gasteiger partial charge in [0.15, 0.2) is 0 Å². The molecule has 0 aliphatic carbocycles. The summed E-state index contributed by atoms with van der Waals surface area (Å²) in [4.78, 5) is 15.1. The predicted octanol–water partition coefficient (Wildman–Crippen LogP) is 2.82. The maximum Gasteiger partial charge on any atom is 0.260 e. The van der Waals surface area contributed by atoms with Gasteiger partial charge in [0.05, 0.1) is 24.9 Å². The van der Waals surface area contributed by atoms with Crippen LogP contribution in [0.1, 0.15) is 35.7 Å². The number of anilines is 1. The summed E-state index contributed by atoms with van der Waals surface area (Å²) in [5.74, 6) is 1.10. The van der Waals surface area contributed by atoms with Crippen LogP contribution in [0.4, 0.5) is 5.82 Å². The van der Waals surface area contributed by atoms with E-state index in [-0.39, 0.29) is 5.91 Å². The molecule has 146 valence electrons. The summed E-state index contributed by atoms with van der Waals surface area (Å²) in [5, 5.41) is 7.45. The number of hydrogen-bond donors (Lipinski definition) is 1. The van der Waals surface area contributed by atoms with Gasteiger partial charge in [-0.25, -0.2) is 4.68 Å². The number of carbonyl (C=O) groups is 1.